The zero-order valence-corrected chi connectivity index (χ0v) is 16.2. The molecule has 8 nitrogen and oxygen atoms in total. The molecule has 150 valence electrons. The van der Waals surface area contributed by atoms with Crippen molar-refractivity contribution in [3.63, 3.8) is 0 Å². The fraction of sp³-hybridized carbons (Fsp3) is 0.368. The lowest BCUT2D eigenvalue weighted by Crippen LogP contribution is -2.48. The van der Waals surface area contributed by atoms with Crippen molar-refractivity contribution in [3.05, 3.63) is 54.0 Å². The Hall–Kier alpha value is -2.81. The van der Waals surface area contributed by atoms with Gasteiger partial charge in [0.25, 0.3) is 5.91 Å². The number of para-hydroxylation sites is 1. The summed E-state index contributed by atoms with van der Waals surface area (Å²) in [6.07, 6.45) is 0.331. The summed E-state index contributed by atoms with van der Waals surface area (Å²) in [5.74, 6) is -0.385. The molecule has 1 aromatic heterocycles. The van der Waals surface area contributed by atoms with E-state index in [4.69, 9.17) is 13.9 Å². The van der Waals surface area contributed by atoms with Gasteiger partial charge in [-0.05, 0) is 37.6 Å². The quantitative estimate of drug-likeness (QED) is 0.695. The van der Waals surface area contributed by atoms with Crippen LogP contribution >= 0.6 is 0 Å². The minimum absolute atomic E-state index is 0.0315. The van der Waals surface area contributed by atoms with E-state index in [-0.39, 0.29) is 23.9 Å². The minimum atomic E-state index is -3.15. The number of benzene rings is 1. The molecule has 0 radical (unpaired) electrons. The number of sulfone groups is 1. The van der Waals surface area contributed by atoms with Gasteiger partial charge in [0.1, 0.15) is 18.1 Å². The number of amides is 1. The Labute approximate surface area is 162 Å². The SMILES string of the molecule is CC1(NC(=O)COC(=O)c2ccc(COc3ccccc3)o2)CCS(=O)(=O)C1. The Morgan fingerprint density at radius 2 is 1.93 bits per heavy atom. The maximum atomic E-state index is 12.0. The first-order chi connectivity index (χ1) is 13.2. The van der Waals surface area contributed by atoms with E-state index in [9.17, 15) is 18.0 Å². The molecule has 1 aliphatic rings. The second-order valence-corrected chi connectivity index (χ2v) is 9.08. The maximum absolute atomic E-state index is 12.0. The molecule has 3 rings (SSSR count). The number of carbonyl (C=O) groups is 2. The van der Waals surface area contributed by atoms with Gasteiger partial charge in [-0.25, -0.2) is 13.2 Å². The lowest BCUT2D eigenvalue weighted by atomic mass is 10.0. The topological polar surface area (TPSA) is 112 Å². The number of hydrogen-bond donors (Lipinski definition) is 1. The number of furan rings is 1. The summed E-state index contributed by atoms with van der Waals surface area (Å²) in [6, 6.07) is 12.2. The molecule has 1 aliphatic heterocycles. The maximum Gasteiger partial charge on any atom is 0.374 e. The summed E-state index contributed by atoms with van der Waals surface area (Å²) >= 11 is 0. The molecule has 1 atom stereocenters. The molecule has 2 aromatic rings. The van der Waals surface area contributed by atoms with E-state index in [1.807, 2.05) is 18.2 Å². The minimum Gasteiger partial charge on any atom is -0.486 e. The molecular formula is C19H21NO7S. The van der Waals surface area contributed by atoms with E-state index in [1.54, 1.807) is 25.1 Å². The summed E-state index contributed by atoms with van der Waals surface area (Å²) in [5.41, 5.74) is -0.838. The standard InChI is InChI=1S/C19H21NO7S/c1-19(9-10-28(23,24)13-19)20-17(21)12-26-18(22)16-8-7-15(27-16)11-25-14-5-3-2-4-6-14/h2-8H,9-13H2,1H3,(H,20,21). The van der Waals surface area contributed by atoms with Crippen LogP contribution in [-0.4, -0.2) is 43.9 Å². The number of hydrogen-bond acceptors (Lipinski definition) is 7. The van der Waals surface area contributed by atoms with E-state index in [1.165, 1.54) is 6.07 Å². The number of rotatable bonds is 7. The summed E-state index contributed by atoms with van der Waals surface area (Å²) in [5, 5.41) is 2.62. The first kappa shape index (κ1) is 19.9. The molecule has 1 N–H and O–H groups in total. The second-order valence-electron chi connectivity index (χ2n) is 6.89. The van der Waals surface area contributed by atoms with Crippen LogP contribution < -0.4 is 10.1 Å². The first-order valence-electron chi connectivity index (χ1n) is 8.70. The van der Waals surface area contributed by atoms with Crippen LogP contribution in [0.2, 0.25) is 0 Å². The third-order valence-corrected chi connectivity index (χ3v) is 6.17. The fourth-order valence-corrected chi connectivity index (χ4v) is 5.01. The molecule has 1 saturated heterocycles. The third kappa shape index (κ3) is 5.35. The lowest BCUT2D eigenvalue weighted by molar-refractivity contribution is -0.125. The highest BCUT2D eigenvalue weighted by molar-refractivity contribution is 7.91. The van der Waals surface area contributed by atoms with Gasteiger partial charge < -0.3 is 19.2 Å². The molecule has 1 unspecified atom stereocenters. The molecule has 0 bridgehead atoms. The number of ether oxygens (including phenoxy) is 2. The molecule has 0 saturated carbocycles. The fourth-order valence-electron chi connectivity index (χ4n) is 2.92. The Morgan fingerprint density at radius 1 is 1.18 bits per heavy atom. The van der Waals surface area contributed by atoms with Crippen LogP contribution in [-0.2, 0) is 26.0 Å². The van der Waals surface area contributed by atoms with Crippen molar-refractivity contribution in [1.29, 1.82) is 0 Å². The van der Waals surface area contributed by atoms with Crippen molar-refractivity contribution in [2.45, 2.75) is 25.5 Å². The van der Waals surface area contributed by atoms with E-state index < -0.39 is 33.9 Å². The summed E-state index contributed by atoms with van der Waals surface area (Å²) in [6.45, 7) is 1.28. The van der Waals surface area contributed by atoms with E-state index >= 15 is 0 Å². The van der Waals surface area contributed by atoms with Crippen LogP contribution in [0, 0.1) is 0 Å². The van der Waals surface area contributed by atoms with Crippen LogP contribution in [0.3, 0.4) is 0 Å². The average Bonchev–Trinajstić information content (AvgIpc) is 3.23. The van der Waals surface area contributed by atoms with Gasteiger partial charge in [0.15, 0.2) is 16.4 Å². The van der Waals surface area contributed by atoms with Gasteiger partial charge in [-0.3, -0.25) is 4.79 Å². The van der Waals surface area contributed by atoms with Crippen LogP contribution in [0.4, 0.5) is 0 Å². The van der Waals surface area contributed by atoms with Crippen molar-refractivity contribution in [3.8, 4) is 5.75 Å². The molecule has 0 spiro atoms. The summed E-state index contributed by atoms with van der Waals surface area (Å²) in [4.78, 5) is 24.0. The number of carbonyl (C=O) groups excluding carboxylic acids is 2. The Balaban J connectivity index is 1.46. The monoisotopic (exact) mass is 407 g/mol. The lowest BCUT2D eigenvalue weighted by Gasteiger charge is -2.23. The van der Waals surface area contributed by atoms with Gasteiger partial charge in [-0.1, -0.05) is 18.2 Å². The van der Waals surface area contributed by atoms with Crippen molar-refractivity contribution < 1.29 is 31.9 Å². The predicted octanol–water partition coefficient (Wildman–Crippen LogP) is 1.71. The molecule has 2 heterocycles. The smallest absolute Gasteiger partial charge is 0.374 e. The molecule has 1 amide bonds. The average molecular weight is 407 g/mol. The van der Waals surface area contributed by atoms with E-state index in [0.717, 1.165) is 0 Å². The Bertz CT molecular complexity index is 952. The number of esters is 1. The van der Waals surface area contributed by atoms with Crippen molar-refractivity contribution in [2.24, 2.45) is 0 Å². The predicted molar refractivity (Wildman–Crippen MR) is 99.6 cm³/mol. The van der Waals surface area contributed by atoms with E-state index in [2.05, 4.69) is 5.32 Å². The molecule has 0 aliphatic carbocycles. The highest BCUT2D eigenvalue weighted by Gasteiger charge is 2.39. The molecule has 1 fully saturated rings. The molecular weight excluding hydrogens is 386 g/mol. The van der Waals surface area contributed by atoms with Gasteiger partial charge in [0.2, 0.25) is 5.76 Å². The van der Waals surface area contributed by atoms with Gasteiger partial charge in [-0.2, -0.15) is 0 Å². The van der Waals surface area contributed by atoms with Gasteiger partial charge in [-0.15, -0.1) is 0 Å². The zero-order chi connectivity index (χ0) is 20.2. The zero-order valence-electron chi connectivity index (χ0n) is 15.3. The van der Waals surface area contributed by atoms with Gasteiger partial charge >= 0.3 is 5.97 Å². The Kier molecular flexibility index (Phi) is 5.73. The highest BCUT2D eigenvalue weighted by Crippen LogP contribution is 2.22. The second kappa shape index (κ2) is 8.05. The van der Waals surface area contributed by atoms with Crippen LogP contribution in [0.25, 0.3) is 0 Å². The van der Waals surface area contributed by atoms with Crippen LogP contribution in [0.1, 0.15) is 29.7 Å². The van der Waals surface area contributed by atoms with Crippen molar-refractivity contribution >= 4 is 21.7 Å². The van der Waals surface area contributed by atoms with Crippen LogP contribution in [0.5, 0.6) is 5.75 Å². The normalized spacial score (nSPS) is 20.5. The van der Waals surface area contributed by atoms with E-state index in [0.29, 0.717) is 17.9 Å². The summed E-state index contributed by atoms with van der Waals surface area (Å²) < 4.78 is 39.0. The third-order valence-electron chi connectivity index (χ3n) is 4.27. The van der Waals surface area contributed by atoms with Gasteiger partial charge in [0, 0.05) is 0 Å². The Morgan fingerprint density at radius 3 is 2.61 bits per heavy atom. The van der Waals surface area contributed by atoms with Gasteiger partial charge in [0.05, 0.1) is 17.0 Å². The number of nitrogens with one attached hydrogen (secondary N) is 1. The molecule has 1 aromatic carbocycles. The molecule has 9 heteroatoms. The van der Waals surface area contributed by atoms with Crippen LogP contribution in [0.15, 0.2) is 46.9 Å². The largest absolute Gasteiger partial charge is 0.486 e. The summed E-state index contributed by atoms with van der Waals surface area (Å²) in [7, 11) is -3.15. The van der Waals surface area contributed by atoms with Crippen molar-refractivity contribution in [1.82, 2.24) is 5.32 Å². The van der Waals surface area contributed by atoms with Crippen molar-refractivity contribution in [2.75, 3.05) is 18.1 Å². The first-order valence-corrected chi connectivity index (χ1v) is 10.5. The molecule has 28 heavy (non-hydrogen) atoms. The highest BCUT2D eigenvalue weighted by atomic mass is 32.2.